The Hall–Kier alpha value is -0.610. The smallest absolute Gasteiger partial charge is 0.227 e. The summed E-state index contributed by atoms with van der Waals surface area (Å²) >= 11 is 0. The van der Waals surface area contributed by atoms with Crippen molar-refractivity contribution in [1.82, 2.24) is 10.6 Å². The third-order valence-corrected chi connectivity index (χ3v) is 5.26. The summed E-state index contributed by atoms with van der Waals surface area (Å²) in [6.45, 7) is 9.05. The average molecular weight is 282 g/mol. The predicted octanol–water partition coefficient (Wildman–Crippen LogP) is 2.23. The molecule has 0 saturated carbocycles. The first kappa shape index (κ1) is 15.8. The van der Waals surface area contributed by atoms with E-state index in [4.69, 9.17) is 4.74 Å². The molecule has 4 nitrogen and oxygen atoms in total. The number of piperidine rings is 1. The number of hydrogen-bond acceptors (Lipinski definition) is 3. The molecule has 0 aliphatic carbocycles. The van der Waals surface area contributed by atoms with Gasteiger partial charge in [0.2, 0.25) is 5.91 Å². The molecule has 2 atom stereocenters. The third-order valence-electron chi connectivity index (χ3n) is 5.26. The molecule has 116 valence electrons. The summed E-state index contributed by atoms with van der Waals surface area (Å²) in [7, 11) is 0. The topological polar surface area (TPSA) is 50.4 Å². The number of rotatable bonds is 4. The molecule has 2 unspecified atom stereocenters. The number of carbonyl (C=O) groups is 1. The summed E-state index contributed by atoms with van der Waals surface area (Å²) in [4.78, 5) is 12.6. The number of hydrogen-bond donors (Lipinski definition) is 2. The maximum Gasteiger partial charge on any atom is 0.227 e. The zero-order chi connectivity index (χ0) is 14.6. The van der Waals surface area contributed by atoms with Gasteiger partial charge >= 0.3 is 0 Å². The molecular formula is C16H30N2O2. The monoisotopic (exact) mass is 282 g/mol. The minimum Gasteiger partial charge on any atom is -0.375 e. The number of nitrogens with one attached hydrogen (secondary N) is 2. The Kier molecular flexibility index (Phi) is 5.08. The zero-order valence-corrected chi connectivity index (χ0v) is 13.3. The van der Waals surface area contributed by atoms with Crippen molar-refractivity contribution in [2.75, 3.05) is 19.7 Å². The van der Waals surface area contributed by atoms with E-state index in [1.54, 1.807) is 0 Å². The van der Waals surface area contributed by atoms with Gasteiger partial charge in [0.05, 0.1) is 11.0 Å². The lowest BCUT2D eigenvalue weighted by molar-refractivity contribution is -0.135. The summed E-state index contributed by atoms with van der Waals surface area (Å²) in [6, 6.07) is 0.273. The lowest BCUT2D eigenvalue weighted by Gasteiger charge is -2.42. The van der Waals surface area contributed by atoms with Gasteiger partial charge in [0.25, 0.3) is 0 Å². The highest BCUT2D eigenvalue weighted by atomic mass is 16.5. The molecule has 4 heteroatoms. The van der Waals surface area contributed by atoms with E-state index in [1.807, 2.05) is 0 Å². The van der Waals surface area contributed by atoms with E-state index in [0.717, 1.165) is 58.2 Å². The summed E-state index contributed by atoms with van der Waals surface area (Å²) in [5.74, 6) is 0.220. The highest BCUT2D eigenvalue weighted by Crippen LogP contribution is 2.32. The molecule has 2 fully saturated rings. The fourth-order valence-electron chi connectivity index (χ4n) is 3.50. The van der Waals surface area contributed by atoms with Crippen LogP contribution in [0, 0.1) is 5.41 Å². The van der Waals surface area contributed by atoms with Crippen molar-refractivity contribution in [1.29, 1.82) is 0 Å². The van der Waals surface area contributed by atoms with Crippen LogP contribution in [0.5, 0.6) is 0 Å². The van der Waals surface area contributed by atoms with Gasteiger partial charge in [-0.3, -0.25) is 4.79 Å². The van der Waals surface area contributed by atoms with Crippen molar-refractivity contribution < 1.29 is 9.53 Å². The maximum atomic E-state index is 12.6. The molecule has 0 spiro atoms. The van der Waals surface area contributed by atoms with Gasteiger partial charge < -0.3 is 15.4 Å². The molecule has 1 amide bonds. The molecule has 0 aromatic rings. The van der Waals surface area contributed by atoms with E-state index in [-0.39, 0.29) is 23.0 Å². The van der Waals surface area contributed by atoms with Crippen LogP contribution >= 0.6 is 0 Å². The molecule has 20 heavy (non-hydrogen) atoms. The summed E-state index contributed by atoms with van der Waals surface area (Å²) in [5.41, 5.74) is -0.264. The minimum atomic E-state index is -0.238. The molecule has 2 aliphatic heterocycles. The van der Waals surface area contributed by atoms with Crippen LogP contribution in [-0.2, 0) is 9.53 Å². The van der Waals surface area contributed by atoms with Crippen LogP contribution in [0.15, 0.2) is 0 Å². The summed E-state index contributed by atoms with van der Waals surface area (Å²) in [5, 5.41) is 6.64. The third kappa shape index (κ3) is 3.34. The van der Waals surface area contributed by atoms with Crippen LogP contribution in [0.4, 0.5) is 0 Å². The second-order valence-electron chi connectivity index (χ2n) is 6.74. The number of carbonyl (C=O) groups excluding carboxylic acids is 1. The van der Waals surface area contributed by atoms with Gasteiger partial charge in [0.15, 0.2) is 0 Å². The normalized spacial score (nSPS) is 33.6. The molecule has 2 saturated heterocycles. The van der Waals surface area contributed by atoms with Crippen LogP contribution in [0.1, 0.15) is 59.3 Å². The Balaban J connectivity index is 1.93. The van der Waals surface area contributed by atoms with Gasteiger partial charge in [-0.15, -0.1) is 0 Å². The maximum absolute atomic E-state index is 12.6. The van der Waals surface area contributed by atoms with Crippen molar-refractivity contribution in [2.24, 2.45) is 5.41 Å². The second kappa shape index (κ2) is 6.44. The average Bonchev–Trinajstić information content (AvgIpc) is 2.48. The Morgan fingerprint density at radius 2 is 2.15 bits per heavy atom. The first-order valence-electron chi connectivity index (χ1n) is 8.19. The quantitative estimate of drug-likeness (QED) is 0.831. The van der Waals surface area contributed by atoms with Crippen LogP contribution in [0.2, 0.25) is 0 Å². The van der Waals surface area contributed by atoms with E-state index in [1.165, 1.54) is 0 Å². The Bertz CT molecular complexity index is 333. The minimum absolute atomic E-state index is 0.0259. The first-order chi connectivity index (χ1) is 9.53. The Labute approximate surface area is 123 Å². The molecule has 2 heterocycles. The van der Waals surface area contributed by atoms with E-state index in [0.29, 0.717) is 0 Å². The van der Waals surface area contributed by atoms with Gasteiger partial charge in [-0.2, -0.15) is 0 Å². The summed E-state index contributed by atoms with van der Waals surface area (Å²) < 4.78 is 5.98. The molecular weight excluding hydrogens is 252 g/mol. The van der Waals surface area contributed by atoms with Crippen molar-refractivity contribution in [3.63, 3.8) is 0 Å². The van der Waals surface area contributed by atoms with Gasteiger partial charge in [0, 0.05) is 19.2 Å². The zero-order valence-electron chi connectivity index (χ0n) is 13.3. The van der Waals surface area contributed by atoms with E-state index in [2.05, 4.69) is 31.4 Å². The largest absolute Gasteiger partial charge is 0.375 e. The van der Waals surface area contributed by atoms with Crippen LogP contribution in [0.3, 0.4) is 0 Å². The van der Waals surface area contributed by atoms with Crippen molar-refractivity contribution in [3.8, 4) is 0 Å². The number of ether oxygens (including phenoxy) is 1. The molecule has 0 radical (unpaired) electrons. The van der Waals surface area contributed by atoms with Crippen molar-refractivity contribution >= 4 is 5.91 Å². The Morgan fingerprint density at radius 3 is 2.75 bits per heavy atom. The molecule has 0 aromatic carbocycles. The van der Waals surface area contributed by atoms with Gasteiger partial charge in [0.1, 0.15) is 0 Å². The summed E-state index contributed by atoms with van der Waals surface area (Å²) in [6.07, 6.45) is 6.02. The second-order valence-corrected chi connectivity index (χ2v) is 6.74. The van der Waals surface area contributed by atoms with Crippen LogP contribution < -0.4 is 10.6 Å². The lowest BCUT2D eigenvalue weighted by atomic mass is 9.80. The van der Waals surface area contributed by atoms with Gasteiger partial charge in [-0.1, -0.05) is 13.8 Å². The standard InChI is InChI=1S/C16H30N2O2/c1-4-16(5-2)11-13(7-10-20-16)18-14(19)15(3)8-6-9-17-12-15/h13,17H,4-12H2,1-3H3,(H,18,19). The van der Waals surface area contributed by atoms with Crippen molar-refractivity contribution in [3.05, 3.63) is 0 Å². The SMILES string of the molecule is CCC1(CC)CC(NC(=O)C2(C)CCCNC2)CCO1. The fourth-order valence-corrected chi connectivity index (χ4v) is 3.50. The van der Waals surface area contributed by atoms with E-state index < -0.39 is 0 Å². The number of amides is 1. The molecule has 2 N–H and O–H groups in total. The molecule has 2 aliphatic rings. The molecule has 2 rings (SSSR count). The molecule has 0 aromatic heterocycles. The van der Waals surface area contributed by atoms with Crippen LogP contribution in [-0.4, -0.2) is 37.2 Å². The fraction of sp³-hybridized carbons (Fsp3) is 0.938. The van der Waals surface area contributed by atoms with Gasteiger partial charge in [-0.25, -0.2) is 0 Å². The van der Waals surface area contributed by atoms with Crippen molar-refractivity contribution in [2.45, 2.75) is 70.9 Å². The highest BCUT2D eigenvalue weighted by Gasteiger charge is 2.39. The highest BCUT2D eigenvalue weighted by molar-refractivity contribution is 5.82. The Morgan fingerprint density at radius 1 is 1.40 bits per heavy atom. The van der Waals surface area contributed by atoms with Gasteiger partial charge in [-0.05, 0) is 52.0 Å². The molecule has 0 bridgehead atoms. The lowest BCUT2D eigenvalue weighted by Crippen LogP contribution is -2.54. The predicted molar refractivity (Wildman–Crippen MR) is 80.6 cm³/mol. The van der Waals surface area contributed by atoms with E-state index in [9.17, 15) is 4.79 Å². The van der Waals surface area contributed by atoms with Crippen LogP contribution in [0.25, 0.3) is 0 Å². The first-order valence-corrected chi connectivity index (χ1v) is 8.19. The van der Waals surface area contributed by atoms with E-state index >= 15 is 0 Å².